The Morgan fingerprint density at radius 3 is 2.37 bits per heavy atom. The Morgan fingerprint density at radius 1 is 1.05 bits per heavy atom. The summed E-state index contributed by atoms with van der Waals surface area (Å²) in [5.74, 6) is 0. The first-order valence-electron chi connectivity index (χ1n) is 6.21. The van der Waals surface area contributed by atoms with Gasteiger partial charge in [-0.25, -0.2) is 12.7 Å². The van der Waals surface area contributed by atoms with E-state index in [0.717, 1.165) is 11.3 Å². The molecule has 19 heavy (non-hydrogen) atoms. The van der Waals surface area contributed by atoms with E-state index in [1.54, 1.807) is 24.4 Å². The van der Waals surface area contributed by atoms with Crippen LogP contribution in [-0.2, 0) is 10.0 Å². The van der Waals surface area contributed by atoms with Gasteiger partial charge in [0, 0.05) is 11.9 Å². The maximum Gasteiger partial charge on any atom is 0.267 e. The lowest BCUT2D eigenvalue weighted by Gasteiger charge is -2.22. The molecule has 0 saturated heterocycles. The molecule has 0 bridgehead atoms. The highest BCUT2D eigenvalue weighted by Gasteiger charge is 2.23. The van der Waals surface area contributed by atoms with Crippen LogP contribution in [0.3, 0.4) is 0 Å². The topological polar surface area (TPSA) is 37.4 Å². The van der Waals surface area contributed by atoms with Gasteiger partial charge >= 0.3 is 0 Å². The summed E-state index contributed by atoms with van der Waals surface area (Å²) in [5.41, 5.74) is 1.80. The average Bonchev–Trinajstić information content (AvgIpc) is 2.64. The third kappa shape index (κ3) is 2.79. The van der Waals surface area contributed by atoms with Crippen LogP contribution in [0.5, 0.6) is 0 Å². The molecule has 3 nitrogen and oxygen atoms in total. The molecule has 1 aliphatic heterocycles. The molecule has 0 fully saturated rings. The van der Waals surface area contributed by atoms with Crippen molar-refractivity contribution < 1.29 is 8.42 Å². The van der Waals surface area contributed by atoms with Gasteiger partial charge in [0.2, 0.25) is 0 Å². The SMILES string of the molecule is CCC1=CC=CC=CN1S(=O)(=O)c1ccc(C)cc1. The second kappa shape index (κ2) is 5.45. The van der Waals surface area contributed by atoms with E-state index < -0.39 is 10.0 Å². The largest absolute Gasteiger partial charge is 0.267 e. The quantitative estimate of drug-likeness (QED) is 0.848. The summed E-state index contributed by atoms with van der Waals surface area (Å²) in [6.45, 7) is 3.88. The molecule has 0 N–H and O–H groups in total. The second-order valence-corrected chi connectivity index (χ2v) is 6.17. The molecule has 0 atom stereocenters. The standard InChI is InChI=1S/C15H17NO2S/c1-3-14-7-5-4-6-12-16(14)19(17,18)15-10-8-13(2)9-11-15/h4-12H,3H2,1-2H3. The molecule has 2 rings (SSSR count). The number of hydrogen-bond acceptors (Lipinski definition) is 2. The van der Waals surface area contributed by atoms with Crippen LogP contribution >= 0.6 is 0 Å². The number of allylic oxidation sites excluding steroid dienone is 5. The van der Waals surface area contributed by atoms with Gasteiger partial charge in [0.25, 0.3) is 10.0 Å². The minimum atomic E-state index is -3.53. The third-order valence-electron chi connectivity index (χ3n) is 2.96. The summed E-state index contributed by atoms with van der Waals surface area (Å²) in [5, 5.41) is 0. The number of aryl methyl sites for hydroxylation is 1. The molecule has 1 aromatic rings. The van der Waals surface area contributed by atoms with E-state index in [1.165, 1.54) is 4.31 Å². The summed E-state index contributed by atoms with van der Waals surface area (Å²) in [6.07, 6.45) is 9.46. The predicted molar refractivity (Wildman–Crippen MR) is 76.9 cm³/mol. The Hall–Kier alpha value is -1.81. The zero-order valence-electron chi connectivity index (χ0n) is 11.1. The minimum Gasteiger partial charge on any atom is -0.246 e. The van der Waals surface area contributed by atoms with Crippen molar-refractivity contribution in [2.24, 2.45) is 0 Å². The Morgan fingerprint density at radius 2 is 1.74 bits per heavy atom. The zero-order valence-corrected chi connectivity index (χ0v) is 11.9. The van der Waals surface area contributed by atoms with Gasteiger partial charge in [-0.15, -0.1) is 0 Å². The van der Waals surface area contributed by atoms with Crippen LogP contribution in [0.1, 0.15) is 18.9 Å². The molecule has 4 heteroatoms. The lowest BCUT2D eigenvalue weighted by molar-refractivity contribution is 0.535. The Balaban J connectivity index is 2.46. The maximum atomic E-state index is 12.6. The van der Waals surface area contributed by atoms with Gasteiger partial charge in [0.15, 0.2) is 0 Å². The van der Waals surface area contributed by atoms with E-state index in [-0.39, 0.29) is 0 Å². The van der Waals surface area contributed by atoms with Crippen molar-refractivity contribution in [3.8, 4) is 0 Å². The third-order valence-corrected chi connectivity index (χ3v) is 4.70. The lowest BCUT2D eigenvalue weighted by Crippen LogP contribution is -2.25. The van der Waals surface area contributed by atoms with Crippen molar-refractivity contribution in [1.82, 2.24) is 4.31 Å². The number of hydrogen-bond donors (Lipinski definition) is 0. The molecule has 0 aliphatic carbocycles. The van der Waals surface area contributed by atoms with Crippen LogP contribution in [0.25, 0.3) is 0 Å². The van der Waals surface area contributed by atoms with Crippen LogP contribution in [0, 0.1) is 6.92 Å². The fourth-order valence-electron chi connectivity index (χ4n) is 1.86. The summed E-state index contributed by atoms with van der Waals surface area (Å²) in [4.78, 5) is 0.309. The number of benzene rings is 1. The lowest BCUT2D eigenvalue weighted by atomic mass is 10.2. The fraction of sp³-hybridized carbons (Fsp3) is 0.200. The zero-order chi connectivity index (χ0) is 13.9. The second-order valence-electron chi connectivity index (χ2n) is 4.35. The average molecular weight is 275 g/mol. The molecule has 0 spiro atoms. The smallest absolute Gasteiger partial charge is 0.246 e. The van der Waals surface area contributed by atoms with E-state index in [1.807, 2.05) is 44.2 Å². The summed E-state index contributed by atoms with van der Waals surface area (Å²) in [7, 11) is -3.53. The van der Waals surface area contributed by atoms with Crippen LogP contribution in [0.4, 0.5) is 0 Å². The molecule has 1 aromatic carbocycles. The van der Waals surface area contributed by atoms with E-state index in [2.05, 4.69) is 0 Å². The first kappa shape index (κ1) is 13.6. The van der Waals surface area contributed by atoms with Gasteiger partial charge in [0.05, 0.1) is 4.90 Å². The van der Waals surface area contributed by atoms with Crippen molar-refractivity contribution in [3.63, 3.8) is 0 Å². The Kier molecular flexibility index (Phi) is 3.90. The summed E-state index contributed by atoms with van der Waals surface area (Å²) >= 11 is 0. The molecule has 0 amide bonds. The molecular formula is C15H17NO2S. The fourth-order valence-corrected chi connectivity index (χ4v) is 3.30. The molecule has 0 aromatic heterocycles. The van der Waals surface area contributed by atoms with Crippen LogP contribution in [0.15, 0.2) is 65.4 Å². The molecule has 0 unspecified atom stereocenters. The van der Waals surface area contributed by atoms with Crippen molar-refractivity contribution >= 4 is 10.0 Å². The highest BCUT2D eigenvalue weighted by molar-refractivity contribution is 7.89. The van der Waals surface area contributed by atoms with Crippen molar-refractivity contribution in [1.29, 1.82) is 0 Å². The van der Waals surface area contributed by atoms with Crippen LogP contribution < -0.4 is 0 Å². The van der Waals surface area contributed by atoms with Gasteiger partial charge < -0.3 is 0 Å². The van der Waals surface area contributed by atoms with E-state index in [4.69, 9.17) is 0 Å². The van der Waals surface area contributed by atoms with Gasteiger partial charge in [-0.2, -0.15) is 0 Å². The summed E-state index contributed by atoms with van der Waals surface area (Å²) < 4.78 is 26.6. The highest BCUT2D eigenvalue weighted by Crippen LogP contribution is 2.24. The first-order chi connectivity index (χ1) is 9.05. The molecule has 0 radical (unpaired) electrons. The van der Waals surface area contributed by atoms with Gasteiger partial charge in [0.1, 0.15) is 0 Å². The van der Waals surface area contributed by atoms with Crippen LogP contribution in [-0.4, -0.2) is 12.7 Å². The molecule has 1 aliphatic rings. The Bertz CT molecular complexity index is 637. The first-order valence-corrected chi connectivity index (χ1v) is 7.65. The monoisotopic (exact) mass is 275 g/mol. The van der Waals surface area contributed by atoms with Crippen molar-refractivity contribution in [3.05, 3.63) is 66.0 Å². The Labute approximate surface area is 114 Å². The van der Waals surface area contributed by atoms with Crippen molar-refractivity contribution in [2.75, 3.05) is 0 Å². The van der Waals surface area contributed by atoms with Gasteiger partial charge in [-0.05, 0) is 37.6 Å². The minimum absolute atomic E-state index is 0.309. The number of sulfonamides is 1. The predicted octanol–water partition coefficient (Wildman–Crippen LogP) is 3.36. The molecular weight excluding hydrogens is 258 g/mol. The number of nitrogens with zero attached hydrogens (tertiary/aromatic N) is 1. The summed E-state index contributed by atoms with van der Waals surface area (Å²) in [6, 6.07) is 6.90. The van der Waals surface area contributed by atoms with Gasteiger partial charge in [-0.1, -0.05) is 36.8 Å². The normalized spacial score (nSPS) is 15.3. The highest BCUT2D eigenvalue weighted by atomic mass is 32.2. The van der Waals surface area contributed by atoms with Crippen LogP contribution in [0.2, 0.25) is 0 Å². The van der Waals surface area contributed by atoms with Crippen molar-refractivity contribution in [2.45, 2.75) is 25.2 Å². The van der Waals surface area contributed by atoms with E-state index in [9.17, 15) is 8.42 Å². The molecule has 100 valence electrons. The maximum absolute atomic E-state index is 12.6. The molecule has 0 saturated carbocycles. The van der Waals surface area contributed by atoms with E-state index in [0.29, 0.717) is 11.3 Å². The van der Waals surface area contributed by atoms with Gasteiger partial charge in [-0.3, -0.25) is 0 Å². The number of rotatable bonds is 3. The van der Waals surface area contributed by atoms with E-state index >= 15 is 0 Å². The molecule has 1 heterocycles.